The first kappa shape index (κ1) is 22.5. The van der Waals surface area contributed by atoms with Crippen LogP contribution in [-0.4, -0.2) is 17.4 Å². The highest BCUT2D eigenvalue weighted by Crippen LogP contribution is 2.50. The summed E-state index contributed by atoms with van der Waals surface area (Å²) in [6.07, 6.45) is -1.18. The molecule has 0 aromatic heterocycles. The SMILES string of the molecule is [C-]#[N+]c1cccc(C2(C(C)C)C(O)N(c3ccc(Br)cc3)C(=O)N2c2ccc(Br)cc2)c1. The van der Waals surface area contributed by atoms with Crippen LogP contribution in [0.2, 0.25) is 0 Å². The maximum atomic E-state index is 13.9. The van der Waals surface area contributed by atoms with Gasteiger partial charge in [0.25, 0.3) is 0 Å². The fourth-order valence-corrected chi connectivity index (χ4v) is 4.97. The Balaban J connectivity index is 2.00. The van der Waals surface area contributed by atoms with E-state index in [9.17, 15) is 9.90 Å². The third-order valence-corrected chi connectivity index (χ3v) is 6.97. The molecule has 0 spiro atoms. The van der Waals surface area contributed by atoms with E-state index in [0.29, 0.717) is 22.6 Å². The summed E-state index contributed by atoms with van der Waals surface area (Å²) in [5, 5.41) is 11.8. The van der Waals surface area contributed by atoms with Gasteiger partial charge in [0.2, 0.25) is 0 Å². The summed E-state index contributed by atoms with van der Waals surface area (Å²) in [5.74, 6) is -0.175. The van der Waals surface area contributed by atoms with Crippen LogP contribution in [-0.2, 0) is 5.54 Å². The minimum Gasteiger partial charge on any atom is -0.370 e. The van der Waals surface area contributed by atoms with Crippen LogP contribution < -0.4 is 9.80 Å². The monoisotopic (exact) mass is 553 g/mol. The molecular weight excluding hydrogens is 534 g/mol. The van der Waals surface area contributed by atoms with Gasteiger partial charge in [0, 0.05) is 20.3 Å². The number of anilines is 2. The number of carbonyl (C=O) groups excluding carboxylic acids is 1. The summed E-state index contributed by atoms with van der Waals surface area (Å²) < 4.78 is 1.77. The predicted octanol–water partition coefficient (Wildman–Crippen LogP) is 7.08. The third-order valence-electron chi connectivity index (χ3n) is 5.91. The molecule has 0 bridgehead atoms. The zero-order valence-electron chi connectivity index (χ0n) is 17.5. The molecule has 7 heteroatoms. The van der Waals surface area contributed by atoms with Gasteiger partial charge >= 0.3 is 6.03 Å². The van der Waals surface area contributed by atoms with Gasteiger partial charge in [0.1, 0.15) is 5.54 Å². The van der Waals surface area contributed by atoms with Crippen molar-refractivity contribution >= 4 is 55.0 Å². The number of carbonyl (C=O) groups is 1. The Morgan fingerprint density at radius 3 is 2.06 bits per heavy atom. The van der Waals surface area contributed by atoms with Gasteiger partial charge in [-0.2, -0.15) is 0 Å². The number of amides is 2. The van der Waals surface area contributed by atoms with Crippen molar-refractivity contribution in [3.63, 3.8) is 0 Å². The van der Waals surface area contributed by atoms with Crippen LogP contribution in [0.4, 0.5) is 21.9 Å². The number of hydrogen-bond acceptors (Lipinski definition) is 2. The minimum absolute atomic E-state index is 0.175. The van der Waals surface area contributed by atoms with E-state index in [0.717, 1.165) is 8.95 Å². The van der Waals surface area contributed by atoms with Gasteiger partial charge < -0.3 is 5.11 Å². The normalized spacial score (nSPS) is 20.7. The fourth-order valence-electron chi connectivity index (χ4n) is 4.44. The first-order valence-corrected chi connectivity index (χ1v) is 11.7. The highest BCUT2D eigenvalue weighted by atomic mass is 79.9. The molecule has 162 valence electrons. The van der Waals surface area contributed by atoms with E-state index >= 15 is 0 Å². The lowest BCUT2D eigenvalue weighted by Crippen LogP contribution is -2.53. The van der Waals surface area contributed by atoms with Gasteiger partial charge in [-0.15, -0.1) is 0 Å². The van der Waals surface area contributed by atoms with E-state index in [1.807, 2.05) is 56.3 Å². The molecule has 1 saturated heterocycles. The lowest BCUT2D eigenvalue weighted by atomic mass is 9.77. The number of halogens is 2. The van der Waals surface area contributed by atoms with Crippen LogP contribution in [0.25, 0.3) is 4.85 Å². The number of urea groups is 1. The lowest BCUT2D eigenvalue weighted by Gasteiger charge is -2.43. The Labute approximate surface area is 204 Å². The van der Waals surface area contributed by atoms with Gasteiger partial charge in [0.15, 0.2) is 11.9 Å². The molecule has 32 heavy (non-hydrogen) atoms. The smallest absolute Gasteiger partial charge is 0.332 e. The number of benzene rings is 3. The number of aliphatic hydroxyl groups excluding tert-OH is 1. The maximum Gasteiger partial charge on any atom is 0.332 e. The zero-order chi connectivity index (χ0) is 23.0. The zero-order valence-corrected chi connectivity index (χ0v) is 20.7. The molecule has 3 aromatic rings. The Morgan fingerprint density at radius 1 is 0.969 bits per heavy atom. The molecule has 0 saturated carbocycles. The highest BCUT2D eigenvalue weighted by molar-refractivity contribution is 9.10. The van der Waals surface area contributed by atoms with Gasteiger partial charge in [-0.05, 0) is 60.0 Å². The second kappa shape index (κ2) is 8.70. The van der Waals surface area contributed by atoms with Gasteiger partial charge in [-0.3, -0.25) is 9.80 Å². The molecule has 2 unspecified atom stereocenters. The van der Waals surface area contributed by atoms with Gasteiger partial charge in [0.05, 0.1) is 6.57 Å². The van der Waals surface area contributed by atoms with E-state index < -0.39 is 11.8 Å². The predicted molar refractivity (Wildman–Crippen MR) is 134 cm³/mol. The van der Waals surface area contributed by atoms with Crippen molar-refractivity contribution in [1.82, 2.24) is 0 Å². The molecule has 4 rings (SSSR count). The average molecular weight is 555 g/mol. The van der Waals surface area contributed by atoms with Crippen molar-refractivity contribution in [1.29, 1.82) is 0 Å². The molecule has 3 aromatic carbocycles. The van der Waals surface area contributed by atoms with Crippen molar-refractivity contribution < 1.29 is 9.90 Å². The Bertz CT molecular complexity index is 1190. The topological polar surface area (TPSA) is 48.1 Å². The van der Waals surface area contributed by atoms with Crippen molar-refractivity contribution in [3.05, 3.63) is 98.7 Å². The summed E-state index contributed by atoms with van der Waals surface area (Å²) in [6, 6.07) is 21.6. The summed E-state index contributed by atoms with van der Waals surface area (Å²) in [4.78, 5) is 20.6. The standard InChI is InChI=1S/C25H21Br2N3O2/c1-16(2)25(17-5-4-6-20(15-17)28-3)23(31)29(21-11-7-18(26)8-12-21)24(32)30(25)22-13-9-19(27)10-14-22/h4-16,23,31H,1-2H3. The van der Waals surface area contributed by atoms with Gasteiger partial charge in [-0.1, -0.05) is 70.0 Å². The van der Waals surface area contributed by atoms with Crippen LogP contribution in [0, 0.1) is 12.5 Å². The number of nitrogens with zero attached hydrogens (tertiary/aromatic N) is 3. The molecule has 1 fully saturated rings. The largest absolute Gasteiger partial charge is 0.370 e. The molecule has 1 N–H and O–H groups in total. The molecule has 1 aliphatic heterocycles. The quantitative estimate of drug-likeness (QED) is 0.350. The van der Waals surface area contributed by atoms with Crippen molar-refractivity contribution in [3.8, 4) is 0 Å². The minimum atomic E-state index is -1.18. The molecule has 2 amide bonds. The Morgan fingerprint density at radius 2 is 1.53 bits per heavy atom. The molecule has 5 nitrogen and oxygen atoms in total. The second-order valence-electron chi connectivity index (χ2n) is 7.96. The fraction of sp³-hybridized carbons (Fsp3) is 0.200. The van der Waals surface area contributed by atoms with Crippen LogP contribution in [0.3, 0.4) is 0 Å². The average Bonchev–Trinajstić information content (AvgIpc) is 3.02. The Kier molecular flexibility index (Phi) is 6.13. The van der Waals surface area contributed by atoms with E-state index in [1.54, 1.807) is 35.2 Å². The molecule has 1 heterocycles. The number of rotatable bonds is 4. The molecule has 0 radical (unpaired) electrons. The van der Waals surface area contributed by atoms with E-state index in [2.05, 4.69) is 36.7 Å². The number of aliphatic hydroxyl groups is 1. The van der Waals surface area contributed by atoms with Crippen LogP contribution in [0.5, 0.6) is 0 Å². The summed E-state index contributed by atoms with van der Waals surface area (Å²) >= 11 is 6.89. The maximum absolute atomic E-state index is 13.9. The second-order valence-corrected chi connectivity index (χ2v) is 9.79. The molecule has 2 atom stereocenters. The van der Waals surface area contributed by atoms with Crippen molar-refractivity contribution in [2.75, 3.05) is 9.80 Å². The molecule has 0 aliphatic carbocycles. The van der Waals surface area contributed by atoms with Crippen LogP contribution in [0.15, 0.2) is 81.7 Å². The first-order chi connectivity index (χ1) is 15.3. The summed E-state index contributed by atoms with van der Waals surface area (Å²) in [5.41, 5.74) is 1.32. The lowest BCUT2D eigenvalue weighted by molar-refractivity contribution is 0.0789. The summed E-state index contributed by atoms with van der Waals surface area (Å²) in [6.45, 7) is 11.4. The Hall–Kier alpha value is -2.66. The van der Waals surface area contributed by atoms with E-state index in [1.165, 1.54) is 4.90 Å². The summed E-state index contributed by atoms with van der Waals surface area (Å²) in [7, 11) is 0. The van der Waals surface area contributed by atoms with Crippen LogP contribution >= 0.6 is 31.9 Å². The first-order valence-electron chi connectivity index (χ1n) is 10.1. The molecule has 1 aliphatic rings. The third kappa shape index (κ3) is 3.53. The van der Waals surface area contributed by atoms with Crippen LogP contribution in [0.1, 0.15) is 19.4 Å². The van der Waals surface area contributed by atoms with Crippen molar-refractivity contribution in [2.45, 2.75) is 25.6 Å². The van der Waals surface area contributed by atoms with E-state index in [-0.39, 0.29) is 11.9 Å². The number of hydrogen-bond donors (Lipinski definition) is 1. The van der Waals surface area contributed by atoms with E-state index in [4.69, 9.17) is 6.57 Å². The molecular formula is C25H21Br2N3O2. The highest BCUT2D eigenvalue weighted by Gasteiger charge is 2.60. The van der Waals surface area contributed by atoms with Crippen molar-refractivity contribution in [2.24, 2.45) is 5.92 Å². The van der Waals surface area contributed by atoms with Gasteiger partial charge in [-0.25, -0.2) is 9.64 Å².